The summed E-state index contributed by atoms with van der Waals surface area (Å²) in [7, 11) is 0. The maximum Gasteiger partial charge on any atom is 0.274 e. The average molecular weight is 358 g/mol. The zero-order valence-corrected chi connectivity index (χ0v) is 16.7. The molecule has 0 aromatic carbocycles. The largest absolute Gasteiger partial charge is 0.360 e. The van der Waals surface area contributed by atoms with Crippen molar-refractivity contribution in [2.45, 2.75) is 73.4 Å². The number of aryl methyl sites for hydroxylation is 3. The molecule has 3 rings (SSSR count). The van der Waals surface area contributed by atoms with E-state index >= 15 is 0 Å². The van der Waals surface area contributed by atoms with E-state index in [4.69, 9.17) is 4.52 Å². The second kappa shape index (κ2) is 6.89. The lowest BCUT2D eigenvalue weighted by Crippen LogP contribution is -2.30. The monoisotopic (exact) mass is 358 g/mol. The van der Waals surface area contributed by atoms with E-state index in [-0.39, 0.29) is 17.4 Å². The van der Waals surface area contributed by atoms with Crippen LogP contribution in [-0.2, 0) is 19.4 Å². The first-order valence-electron chi connectivity index (χ1n) is 9.53. The molecule has 2 aromatic heterocycles. The van der Waals surface area contributed by atoms with E-state index in [1.165, 1.54) is 0 Å². The predicted molar refractivity (Wildman–Crippen MR) is 100.0 cm³/mol. The van der Waals surface area contributed by atoms with Gasteiger partial charge in [-0.2, -0.15) is 5.10 Å². The minimum absolute atomic E-state index is 0.128. The number of carbonyl (C=O) groups excluding carboxylic acids is 1. The van der Waals surface area contributed by atoms with Gasteiger partial charge in [-0.3, -0.25) is 9.48 Å². The van der Waals surface area contributed by atoms with Crippen molar-refractivity contribution in [3.8, 4) is 0 Å². The molecule has 1 aliphatic carbocycles. The molecule has 6 heteroatoms. The zero-order chi connectivity index (χ0) is 19.1. The molecule has 2 atom stereocenters. The van der Waals surface area contributed by atoms with Crippen molar-refractivity contribution >= 4 is 5.91 Å². The molecule has 1 N–H and O–H groups in total. The van der Waals surface area contributed by atoms with Gasteiger partial charge < -0.3 is 9.84 Å². The van der Waals surface area contributed by atoms with Crippen molar-refractivity contribution in [1.82, 2.24) is 20.3 Å². The highest BCUT2D eigenvalue weighted by Gasteiger charge is 2.34. The van der Waals surface area contributed by atoms with Gasteiger partial charge in [0.1, 0.15) is 5.76 Å². The van der Waals surface area contributed by atoms with Gasteiger partial charge in [-0.05, 0) is 44.9 Å². The molecule has 0 unspecified atom stereocenters. The van der Waals surface area contributed by atoms with Crippen LogP contribution in [0, 0.1) is 18.3 Å². The quantitative estimate of drug-likeness (QED) is 0.901. The molecule has 0 saturated heterocycles. The normalized spacial score (nSPS) is 18.5. The average Bonchev–Trinajstić information content (AvgIpc) is 3.16. The fourth-order valence-corrected chi connectivity index (χ4v) is 3.78. The number of hydrogen-bond donors (Lipinski definition) is 1. The number of nitrogens with zero attached hydrogens (tertiary/aromatic N) is 3. The summed E-state index contributed by atoms with van der Waals surface area (Å²) in [5.41, 5.74) is 3.62. The molecule has 1 aliphatic rings. The fourth-order valence-electron chi connectivity index (χ4n) is 3.78. The number of fused-ring (bicyclic) bond motifs is 1. The van der Waals surface area contributed by atoms with Crippen molar-refractivity contribution < 1.29 is 9.32 Å². The van der Waals surface area contributed by atoms with Crippen molar-refractivity contribution in [2.24, 2.45) is 11.3 Å². The van der Waals surface area contributed by atoms with Crippen LogP contribution in [0.2, 0.25) is 0 Å². The molecule has 1 amide bonds. The predicted octanol–water partition coefficient (Wildman–Crippen LogP) is 3.84. The number of rotatable bonds is 4. The van der Waals surface area contributed by atoms with Crippen LogP contribution >= 0.6 is 0 Å². The second-order valence-electron chi connectivity index (χ2n) is 8.46. The molecule has 0 fully saturated rings. The number of nitrogens with one attached hydrogen (secondary N) is 1. The summed E-state index contributed by atoms with van der Waals surface area (Å²) >= 11 is 0. The van der Waals surface area contributed by atoms with Crippen LogP contribution in [0.15, 0.2) is 10.7 Å². The summed E-state index contributed by atoms with van der Waals surface area (Å²) in [6.07, 6.45) is 4.79. The van der Waals surface area contributed by atoms with E-state index in [2.05, 4.69) is 36.3 Å². The fraction of sp³-hybridized carbons (Fsp3) is 0.650. The van der Waals surface area contributed by atoms with E-state index in [1.807, 2.05) is 31.6 Å². The van der Waals surface area contributed by atoms with Gasteiger partial charge in [-0.1, -0.05) is 25.9 Å². The third-order valence-electron chi connectivity index (χ3n) is 5.60. The molecule has 6 nitrogen and oxygen atoms in total. The van der Waals surface area contributed by atoms with E-state index in [0.29, 0.717) is 11.6 Å². The first-order valence-corrected chi connectivity index (χ1v) is 9.53. The van der Waals surface area contributed by atoms with Crippen LogP contribution < -0.4 is 5.32 Å². The lowest BCUT2D eigenvalue weighted by atomic mass is 9.71. The summed E-state index contributed by atoms with van der Waals surface area (Å²) in [6, 6.07) is -0.128. The molecule has 2 aromatic rings. The van der Waals surface area contributed by atoms with Crippen LogP contribution in [-0.4, -0.2) is 20.8 Å². The Morgan fingerprint density at radius 2 is 2.19 bits per heavy atom. The Balaban J connectivity index is 1.77. The van der Waals surface area contributed by atoms with Crippen molar-refractivity contribution in [2.75, 3.05) is 0 Å². The number of hydrogen-bond acceptors (Lipinski definition) is 4. The van der Waals surface area contributed by atoms with Crippen LogP contribution in [0.3, 0.4) is 0 Å². The number of carbonyl (C=O) groups is 1. The second-order valence-corrected chi connectivity index (χ2v) is 8.46. The topological polar surface area (TPSA) is 73.0 Å². The number of amides is 1. The van der Waals surface area contributed by atoms with Gasteiger partial charge in [0, 0.05) is 30.3 Å². The van der Waals surface area contributed by atoms with Crippen molar-refractivity contribution in [3.05, 3.63) is 34.5 Å². The molecule has 0 aliphatic heterocycles. The van der Waals surface area contributed by atoms with Crippen molar-refractivity contribution in [1.29, 1.82) is 0 Å². The molecule has 142 valence electrons. The summed E-state index contributed by atoms with van der Waals surface area (Å²) in [5, 5.41) is 11.6. The summed E-state index contributed by atoms with van der Waals surface area (Å²) in [5.74, 6) is 1.24. The van der Waals surface area contributed by atoms with Gasteiger partial charge in [0.15, 0.2) is 5.69 Å². The van der Waals surface area contributed by atoms with Crippen LogP contribution in [0.4, 0.5) is 0 Å². The number of aromatic nitrogens is 3. The summed E-state index contributed by atoms with van der Waals surface area (Å²) in [6.45, 7) is 13.6. The maximum absolute atomic E-state index is 12.8. The van der Waals surface area contributed by atoms with Gasteiger partial charge >= 0.3 is 0 Å². The smallest absolute Gasteiger partial charge is 0.274 e. The third-order valence-corrected chi connectivity index (χ3v) is 5.60. The molecular formula is C20H30N4O2. The van der Waals surface area contributed by atoms with Crippen LogP contribution in [0.25, 0.3) is 0 Å². The van der Waals surface area contributed by atoms with Crippen LogP contribution in [0.1, 0.15) is 80.2 Å². The van der Waals surface area contributed by atoms with Gasteiger partial charge in [-0.25, -0.2) is 0 Å². The van der Waals surface area contributed by atoms with E-state index in [9.17, 15) is 4.79 Å². The summed E-state index contributed by atoms with van der Waals surface area (Å²) < 4.78 is 7.36. The molecule has 26 heavy (non-hydrogen) atoms. The highest BCUT2D eigenvalue weighted by molar-refractivity contribution is 5.94. The minimum Gasteiger partial charge on any atom is -0.360 e. The maximum atomic E-state index is 12.8. The van der Waals surface area contributed by atoms with E-state index in [1.54, 1.807) is 0 Å². The van der Waals surface area contributed by atoms with E-state index in [0.717, 1.165) is 48.4 Å². The highest BCUT2D eigenvalue weighted by Crippen LogP contribution is 2.38. The van der Waals surface area contributed by atoms with Crippen LogP contribution in [0.5, 0.6) is 0 Å². The van der Waals surface area contributed by atoms with E-state index < -0.39 is 0 Å². The standard InChI is InChI=1S/C20H30N4O2/c1-7-24-11-16(13(3)22-24)12(2)21-19(25)18-15-10-14(20(4,5)6)8-9-17(15)26-23-18/h11-12,14H,7-10H2,1-6H3,(H,21,25)/t12-,14-/m0/s1. The third kappa shape index (κ3) is 3.55. The molecule has 2 heterocycles. The first kappa shape index (κ1) is 18.7. The Labute approximate surface area is 155 Å². The van der Waals surface area contributed by atoms with Gasteiger partial charge in [0.2, 0.25) is 0 Å². The first-order chi connectivity index (χ1) is 12.2. The molecular weight excluding hydrogens is 328 g/mol. The lowest BCUT2D eigenvalue weighted by Gasteiger charge is -2.33. The Kier molecular flexibility index (Phi) is 4.95. The zero-order valence-electron chi connectivity index (χ0n) is 16.7. The Morgan fingerprint density at radius 1 is 1.46 bits per heavy atom. The van der Waals surface area contributed by atoms with Gasteiger partial charge in [0.25, 0.3) is 5.91 Å². The van der Waals surface area contributed by atoms with Gasteiger partial charge in [-0.15, -0.1) is 0 Å². The summed E-state index contributed by atoms with van der Waals surface area (Å²) in [4.78, 5) is 12.8. The highest BCUT2D eigenvalue weighted by atomic mass is 16.5. The Hall–Kier alpha value is -2.11. The Bertz CT molecular complexity index is 797. The lowest BCUT2D eigenvalue weighted by molar-refractivity contribution is 0.0929. The molecule has 0 spiro atoms. The van der Waals surface area contributed by atoms with Gasteiger partial charge in [0.05, 0.1) is 11.7 Å². The molecule has 0 saturated carbocycles. The Morgan fingerprint density at radius 3 is 2.81 bits per heavy atom. The SMILES string of the molecule is CCn1cc([C@H](C)NC(=O)c2noc3c2C[C@@H](C(C)(C)C)CC3)c(C)n1. The molecule has 0 radical (unpaired) electrons. The minimum atomic E-state index is -0.166. The van der Waals surface area contributed by atoms with Crippen molar-refractivity contribution in [3.63, 3.8) is 0 Å². The molecule has 0 bridgehead atoms.